The molecule has 1 aliphatic carbocycles. The van der Waals surface area contributed by atoms with E-state index in [9.17, 15) is 0 Å². The Bertz CT molecular complexity index is 311. The number of ether oxygens (including phenoxy) is 1. The summed E-state index contributed by atoms with van der Waals surface area (Å²) in [6.07, 6.45) is 2.66. The number of nitrogens with zero attached hydrogens (tertiary/aromatic N) is 1. The molecule has 2 N–H and O–H groups in total. The van der Waals surface area contributed by atoms with Gasteiger partial charge in [0.1, 0.15) is 0 Å². The molecule has 0 amide bonds. The second-order valence-electron chi connectivity index (χ2n) is 4.59. The molecule has 3 nitrogen and oxygen atoms in total. The summed E-state index contributed by atoms with van der Waals surface area (Å²) >= 11 is 0. The van der Waals surface area contributed by atoms with Gasteiger partial charge in [-0.05, 0) is 18.4 Å². The molecule has 1 saturated carbocycles. The van der Waals surface area contributed by atoms with Crippen LogP contribution in [0, 0.1) is 0 Å². The van der Waals surface area contributed by atoms with Gasteiger partial charge in [-0.3, -0.25) is 4.90 Å². The van der Waals surface area contributed by atoms with Gasteiger partial charge in [0.2, 0.25) is 0 Å². The van der Waals surface area contributed by atoms with Crippen molar-refractivity contribution in [2.75, 3.05) is 26.2 Å². The van der Waals surface area contributed by atoms with Crippen molar-refractivity contribution in [3.8, 4) is 0 Å². The van der Waals surface area contributed by atoms with Crippen LogP contribution in [0.2, 0.25) is 0 Å². The van der Waals surface area contributed by atoms with Crippen molar-refractivity contribution in [3.63, 3.8) is 0 Å². The third-order valence-corrected chi connectivity index (χ3v) is 3.11. The van der Waals surface area contributed by atoms with E-state index in [4.69, 9.17) is 10.5 Å². The molecule has 0 bridgehead atoms. The molecule has 1 aromatic carbocycles. The molecule has 0 radical (unpaired) electrons. The van der Waals surface area contributed by atoms with Gasteiger partial charge in [0.25, 0.3) is 0 Å². The van der Waals surface area contributed by atoms with E-state index >= 15 is 0 Å². The first-order chi connectivity index (χ1) is 8.40. The molecule has 2 rings (SSSR count). The lowest BCUT2D eigenvalue weighted by Crippen LogP contribution is -2.34. The molecule has 94 valence electrons. The van der Waals surface area contributed by atoms with Crippen molar-refractivity contribution in [2.24, 2.45) is 5.73 Å². The van der Waals surface area contributed by atoms with Gasteiger partial charge < -0.3 is 10.5 Å². The van der Waals surface area contributed by atoms with Crippen LogP contribution in [0.4, 0.5) is 0 Å². The molecule has 3 heteroatoms. The van der Waals surface area contributed by atoms with Crippen LogP contribution in [0.1, 0.15) is 18.4 Å². The lowest BCUT2D eigenvalue weighted by Gasteiger charge is -2.20. The zero-order chi connectivity index (χ0) is 11.9. The SMILES string of the molecule is NCCN(CCOCc1ccccc1)C1CC1. The molecule has 0 aliphatic heterocycles. The Morgan fingerprint density at radius 1 is 1.18 bits per heavy atom. The standard InChI is InChI=1S/C14H22N2O/c15-8-9-16(14-6-7-14)10-11-17-12-13-4-2-1-3-5-13/h1-5,14H,6-12,15H2. The van der Waals surface area contributed by atoms with Crippen molar-refractivity contribution >= 4 is 0 Å². The van der Waals surface area contributed by atoms with Crippen LogP contribution in [0.15, 0.2) is 30.3 Å². The lowest BCUT2D eigenvalue weighted by atomic mass is 10.2. The second-order valence-corrected chi connectivity index (χ2v) is 4.59. The minimum Gasteiger partial charge on any atom is -0.375 e. The molecular formula is C14H22N2O. The van der Waals surface area contributed by atoms with Crippen LogP contribution in [0.25, 0.3) is 0 Å². The Morgan fingerprint density at radius 2 is 1.94 bits per heavy atom. The van der Waals surface area contributed by atoms with Gasteiger partial charge >= 0.3 is 0 Å². The Hall–Kier alpha value is -0.900. The summed E-state index contributed by atoms with van der Waals surface area (Å²) in [6, 6.07) is 11.1. The summed E-state index contributed by atoms with van der Waals surface area (Å²) in [5.41, 5.74) is 6.85. The van der Waals surface area contributed by atoms with Gasteiger partial charge in [0, 0.05) is 25.7 Å². The Kier molecular flexibility index (Phi) is 4.98. The number of rotatable bonds is 8. The minimum absolute atomic E-state index is 0.710. The van der Waals surface area contributed by atoms with E-state index in [-0.39, 0.29) is 0 Å². The Labute approximate surface area is 104 Å². The van der Waals surface area contributed by atoms with E-state index in [0.29, 0.717) is 6.61 Å². The highest BCUT2D eigenvalue weighted by Crippen LogP contribution is 2.25. The van der Waals surface area contributed by atoms with Gasteiger partial charge in [0.15, 0.2) is 0 Å². The molecule has 1 aromatic rings. The first-order valence-electron chi connectivity index (χ1n) is 6.46. The quantitative estimate of drug-likeness (QED) is 0.695. The number of nitrogens with two attached hydrogens (primary N) is 1. The fourth-order valence-electron chi connectivity index (χ4n) is 2.03. The lowest BCUT2D eigenvalue weighted by molar-refractivity contribution is 0.0910. The highest BCUT2D eigenvalue weighted by atomic mass is 16.5. The molecule has 0 spiro atoms. The van der Waals surface area contributed by atoms with Crippen LogP contribution < -0.4 is 5.73 Å². The van der Waals surface area contributed by atoms with Crippen molar-refractivity contribution in [3.05, 3.63) is 35.9 Å². The zero-order valence-electron chi connectivity index (χ0n) is 10.3. The minimum atomic E-state index is 0.710. The Morgan fingerprint density at radius 3 is 2.59 bits per heavy atom. The summed E-state index contributed by atoms with van der Waals surface area (Å²) in [6.45, 7) is 4.26. The van der Waals surface area contributed by atoms with E-state index in [1.54, 1.807) is 0 Å². The van der Waals surface area contributed by atoms with E-state index in [1.165, 1.54) is 18.4 Å². The molecule has 17 heavy (non-hydrogen) atoms. The van der Waals surface area contributed by atoms with Gasteiger partial charge in [-0.1, -0.05) is 30.3 Å². The number of benzene rings is 1. The largest absolute Gasteiger partial charge is 0.375 e. The highest BCUT2D eigenvalue weighted by Gasteiger charge is 2.27. The maximum Gasteiger partial charge on any atom is 0.0717 e. The third-order valence-electron chi connectivity index (χ3n) is 3.11. The van der Waals surface area contributed by atoms with Gasteiger partial charge in [0.05, 0.1) is 13.2 Å². The molecule has 1 fully saturated rings. The van der Waals surface area contributed by atoms with Crippen LogP contribution >= 0.6 is 0 Å². The Balaban J connectivity index is 1.61. The normalized spacial score (nSPS) is 15.4. The predicted molar refractivity (Wildman–Crippen MR) is 69.7 cm³/mol. The smallest absolute Gasteiger partial charge is 0.0717 e. The summed E-state index contributed by atoms with van der Waals surface area (Å²) in [5.74, 6) is 0. The first kappa shape index (κ1) is 12.6. The number of hydrogen-bond acceptors (Lipinski definition) is 3. The second kappa shape index (κ2) is 6.74. The summed E-state index contributed by atoms with van der Waals surface area (Å²) in [7, 11) is 0. The van der Waals surface area contributed by atoms with Crippen LogP contribution in [-0.2, 0) is 11.3 Å². The van der Waals surface area contributed by atoms with Crippen molar-refractivity contribution < 1.29 is 4.74 Å². The first-order valence-corrected chi connectivity index (χ1v) is 6.46. The topological polar surface area (TPSA) is 38.5 Å². The van der Waals surface area contributed by atoms with Gasteiger partial charge in [-0.15, -0.1) is 0 Å². The van der Waals surface area contributed by atoms with Crippen LogP contribution in [-0.4, -0.2) is 37.2 Å². The summed E-state index contributed by atoms with van der Waals surface area (Å²) < 4.78 is 5.69. The van der Waals surface area contributed by atoms with Gasteiger partial charge in [-0.2, -0.15) is 0 Å². The summed E-state index contributed by atoms with van der Waals surface area (Å²) in [4.78, 5) is 2.45. The number of hydrogen-bond donors (Lipinski definition) is 1. The summed E-state index contributed by atoms with van der Waals surface area (Å²) in [5, 5.41) is 0. The van der Waals surface area contributed by atoms with E-state index < -0.39 is 0 Å². The van der Waals surface area contributed by atoms with E-state index in [1.807, 2.05) is 18.2 Å². The fraction of sp³-hybridized carbons (Fsp3) is 0.571. The monoisotopic (exact) mass is 234 g/mol. The average Bonchev–Trinajstić information content (AvgIpc) is 3.19. The predicted octanol–water partition coefficient (Wildman–Crippen LogP) is 1.63. The molecular weight excluding hydrogens is 212 g/mol. The maximum absolute atomic E-state index is 5.69. The van der Waals surface area contributed by atoms with Gasteiger partial charge in [-0.25, -0.2) is 0 Å². The van der Waals surface area contributed by atoms with Crippen LogP contribution in [0.3, 0.4) is 0 Å². The molecule has 0 saturated heterocycles. The molecule has 0 aromatic heterocycles. The highest BCUT2D eigenvalue weighted by molar-refractivity contribution is 5.13. The molecule has 1 aliphatic rings. The third kappa shape index (κ3) is 4.46. The average molecular weight is 234 g/mol. The molecule has 0 atom stereocenters. The van der Waals surface area contributed by atoms with Crippen molar-refractivity contribution in [1.82, 2.24) is 4.90 Å². The molecule has 0 unspecified atom stereocenters. The van der Waals surface area contributed by atoms with Crippen LogP contribution in [0.5, 0.6) is 0 Å². The van der Waals surface area contributed by atoms with Crippen molar-refractivity contribution in [2.45, 2.75) is 25.5 Å². The fourth-order valence-corrected chi connectivity index (χ4v) is 2.03. The van der Waals surface area contributed by atoms with E-state index in [0.717, 1.165) is 32.3 Å². The molecule has 0 heterocycles. The zero-order valence-corrected chi connectivity index (χ0v) is 10.3. The van der Waals surface area contributed by atoms with E-state index in [2.05, 4.69) is 17.0 Å². The maximum atomic E-state index is 5.69. The van der Waals surface area contributed by atoms with Crippen molar-refractivity contribution in [1.29, 1.82) is 0 Å².